The highest BCUT2D eigenvalue weighted by Crippen LogP contribution is 2.40. The molecule has 2 aromatic rings. The Morgan fingerprint density at radius 2 is 1.97 bits per heavy atom. The minimum absolute atomic E-state index is 0.0283. The van der Waals surface area contributed by atoms with Crippen molar-refractivity contribution in [1.29, 1.82) is 10.5 Å². The topological polar surface area (TPSA) is 103 Å². The first-order valence-electron chi connectivity index (χ1n) is 9.42. The van der Waals surface area contributed by atoms with Crippen molar-refractivity contribution in [3.8, 4) is 12.1 Å². The lowest BCUT2D eigenvalue weighted by atomic mass is 9.95. The van der Waals surface area contributed by atoms with Crippen molar-refractivity contribution in [2.24, 2.45) is 5.92 Å². The summed E-state index contributed by atoms with van der Waals surface area (Å²) in [5, 5.41) is 23.9. The Labute approximate surface area is 167 Å². The number of benzene rings is 1. The molecular weight excluding hydrogens is 378 g/mol. The number of nitriles is 2. The van der Waals surface area contributed by atoms with Crippen LogP contribution in [0.5, 0.6) is 0 Å². The van der Waals surface area contributed by atoms with Gasteiger partial charge < -0.3 is 4.52 Å². The van der Waals surface area contributed by atoms with E-state index in [1.807, 2.05) is 12.1 Å². The fourth-order valence-electron chi connectivity index (χ4n) is 3.44. The Bertz CT molecular complexity index is 954. The largest absolute Gasteiger partial charge is 0.338 e. The normalized spacial score (nSPS) is 19.4. The lowest BCUT2D eigenvalue weighted by Gasteiger charge is -2.11. The third-order valence-corrected chi connectivity index (χ3v) is 5.08. The molecule has 0 unspecified atom stereocenters. The number of carbonyl (C=O) groups excluding carboxylic acids is 1. The fourth-order valence-corrected chi connectivity index (χ4v) is 3.44. The second kappa shape index (κ2) is 8.83. The van der Waals surface area contributed by atoms with Gasteiger partial charge in [0.25, 0.3) is 0 Å². The van der Waals surface area contributed by atoms with E-state index in [2.05, 4.69) is 10.5 Å². The average Bonchev–Trinajstić information content (AvgIpc) is 3.36. The molecule has 1 aromatic carbocycles. The van der Waals surface area contributed by atoms with Crippen LogP contribution in [0.4, 0.5) is 14.7 Å². The van der Waals surface area contributed by atoms with Gasteiger partial charge in [-0.2, -0.15) is 10.5 Å². The van der Waals surface area contributed by atoms with Crippen molar-refractivity contribution in [3.63, 3.8) is 0 Å². The van der Waals surface area contributed by atoms with Gasteiger partial charge in [0.15, 0.2) is 0 Å². The molecule has 1 aromatic heterocycles. The maximum atomic E-state index is 13.1. The molecule has 0 aliphatic heterocycles. The number of nitrogens with zero attached hydrogens (tertiary/aromatic N) is 3. The number of nitrogens with one attached hydrogen (secondary N) is 1. The molecule has 0 radical (unpaired) electrons. The number of amides is 1. The summed E-state index contributed by atoms with van der Waals surface area (Å²) in [6, 6.07) is 10.6. The van der Waals surface area contributed by atoms with Crippen LogP contribution >= 0.6 is 0 Å². The van der Waals surface area contributed by atoms with Gasteiger partial charge in [0.1, 0.15) is 12.1 Å². The Hall–Kier alpha value is -3.26. The molecule has 2 saturated carbocycles. The summed E-state index contributed by atoms with van der Waals surface area (Å²) >= 11 is 0. The molecule has 4 rings (SSSR count). The van der Waals surface area contributed by atoms with Gasteiger partial charge in [0.05, 0.1) is 16.8 Å². The maximum absolute atomic E-state index is 13.1. The minimum atomic E-state index is -2.53. The quantitative estimate of drug-likeness (QED) is 0.746. The van der Waals surface area contributed by atoms with Crippen LogP contribution < -0.4 is 5.32 Å². The van der Waals surface area contributed by atoms with Crippen LogP contribution in [-0.2, 0) is 11.2 Å². The highest BCUT2D eigenvalue weighted by molar-refractivity contribution is 5.67. The predicted octanol–water partition coefficient (Wildman–Crippen LogP) is 4.53. The molecule has 1 N–H and O–H groups in total. The summed E-state index contributed by atoms with van der Waals surface area (Å²) in [5.74, 6) is -1.56. The molecule has 6 nitrogen and oxygen atoms in total. The van der Waals surface area contributed by atoms with E-state index in [1.165, 1.54) is 12.8 Å². The molecule has 1 amide bonds. The van der Waals surface area contributed by atoms with Gasteiger partial charge in [-0.1, -0.05) is 11.2 Å². The highest BCUT2D eigenvalue weighted by atomic mass is 19.3. The Morgan fingerprint density at radius 1 is 1.21 bits per heavy atom. The van der Waals surface area contributed by atoms with Crippen LogP contribution in [0.3, 0.4) is 0 Å². The molecule has 0 bridgehead atoms. The zero-order chi connectivity index (χ0) is 20.9. The number of hydrogen-bond acceptors (Lipinski definition) is 5. The van der Waals surface area contributed by atoms with Gasteiger partial charge in [-0.05, 0) is 49.3 Å². The maximum Gasteiger partial charge on any atom is 0.248 e. The summed E-state index contributed by atoms with van der Waals surface area (Å²) in [7, 11) is 0. The summed E-state index contributed by atoms with van der Waals surface area (Å²) < 4.78 is 30.9. The van der Waals surface area contributed by atoms with Crippen molar-refractivity contribution in [2.45, 2.75) is 50.4 Å². The zero-order valence-corrected chi connectivity index (χ0v) is 15.7. The van der Waals surface area contributed by atoms with Crippen molar-refractivity contribution in [1.82, 2.24) is 5.16 Å². The summed E-state index contributed by atoms with van der Waals surface area (Å²) in [6.45, 7) is 0. The van der Waals surface area contributed by atoms with Gasteiger partial charge in [-0.15, -0.1) is 0 Å². The average molecular weight is 398 g/mol. The lowest BCUT2D eigenvalue weighted by molar-refractivity contribution is -0.105. The standard InChI is InChI=1S/C14H12F2N2.C7H8N2O2/c15-14(16)4-3-11(7-14)5-10-1-2-12(8-17)13(6-10)9-18;10-4-8-7-3-6(9-11-7)5-1-2-5/h1-2,6,11H,3-5,7H2;3-5H,1-2H2,(H,8,10)/t11-;/m0./s1. The third-order valence-electron chi connectivity index (χ3n) is 5.08. The molecular formula is C21H20F2N4O2. The highest BCUT2D eigenvalue weighted by Gasteiger charge is 2.39. The number of aromatic nitrogens is 1. The molecule has 0 saturated heterocycles. The van der Waals surface area contributed by atoms with Gasteiger partial charge in [0, 0.05) is 24.8 Å². The number of rotatable bonds is 5. The van der Waals surface area contributed by atoms with Gasteiger partial charge in [-0.25, -0.2) is 8.78 Å². The van der Waals surface area contributed by atoms with Crippen molar-refractivity contribution >= 4 is 12.3 Å². The van der Waals surface area contributed by atoms with Crippen LogP contribution in [0.2, 0.25) is 0 Å². The van der Waals surface area contributed by atoms with E-state index >= 15 is 0 Å². The first-order chi connectivity index (χ1) is 13.9. The Morgan fingerprint density at radius 3 is 2.55 bits per heavy atom. The number of halogens is 2. The molecule has 150 valence electrons. The minimum Gasteiger partial charge on any atom is -0.338 e. The SMILES string of the molecule is N#Cc1ccc(C[C@@H]2CCC(F)(F)C2)cc1C#N.O=CNc1cc(C2CC2)no1. The number of alkyl halides is 2. The molecule has 2 aliphatic rings. The van der Waals surface area contributed by atoms with Gasteiger partial charge in [0.2, 0.25) is 18.2 Å². The number of hydrogen-bond donors (Lipinski definition) is 1. The van der Waals surface area contributed by atoms with Crippen LogP contribution in [-0.4, -0.2) is 17.5 Å². The van der Waals surface area contributed by atoms with Crippen molar-refractivity contribution in [3.05, 3.63) is 46.6 Å². The zero-order valence-electron chi connectivity index (χ0n) is 15.7. The molecule has 2 fully saturated rings. The fraction of sp³-hybridized carbons (Fsp3) is 0.429. The monoisotopic (exact) mass is 398 g/mol. The lowest BCUT2D eigenvalue weighted by Crippen LogP contribution is -2.10. The van der Waals surface area contributed by atoms with Crippen LogP contribution in [0.25, 0.3) is 0 Å². The Kier molecular flexibility index (Phi) is 6.23. The molecule has 1 heterocycles. The van der Waals surface area contributed by atoms with Crippen LogP contribution in [0.15, 0.2) is 28.8 Å². The van der Waals surface area contributed by atoms with Crippen LogP contribution in [0, 0.1) is 28.6 Å². The molecule has 1 atom stereocenters. The van der Waals surface area contributed by atoms with Gasteiger partial charge >= 0.3 is 0 Å². The second-order valence-electron chi connectivity index (χ2n) is 7.42. The second-order valence-corrected chi connectivity index (χ2v) is 7.42. The predicted molar refractivity (Wildman–Crippen MR) is 100 cm³/mol. The van der Waals surface area contributed by atoms with Crippen molar-refractivity contribution < 1.29 is 18.1 Å². The summed E-state index contributed by atoms with van der Waals surface area (Å²) in [6.07, 6.45) is 3.91. The van der Waals surface area contributed by atoms with E-state index < -0.39 is 5.92 Å². The van der Waals surface area contributed by atoms with E-state index in [0.717, 1.165) is 11.3 Å². The van der Waals surface area contributed by atoms with E-state index in [4.69, 9.17) is 15.0 Å². The molecule has 2 aliphatic carbocycles. The first-order valence-corrected chi connectivity index (χ1v) is 9.42. The van der Waals surface area contributed by atoms with Crippen LogP contribution in [0.1, 0.15) is 60.4 Å². The first kappa shape index (κ1) is 20.5. The molecule has 0 spiro atoms. The third kappa shape index (κ3) is 5.61. The Balaban J connectivity index is 0.000000186. The van der Waals surface area contributed by atoms with E-state index in [-0.39, 0.29) is 18.8 Å². The number of anilines is 1. The number of carbonyl (C=O) groups is 1. The van der Waals surface area contributed by atoms with E-state index in [1.54, 1.807) is 24.3 Å². The van der Waals surface area contributed by atoms with E-state index in [9.17, 15) is 13.6 Å². The van der Waals surface area contributed by atoms with E-state index in [0.29, 0.717) is 42.2 Å². The van der Waals surface area contributed by atoms with Gasteiger partial charge in [-0.3, -0.25) is 10.1 Å². The molecule has 29 heavy (non-hydrogen) atoms. The van der Waals surface area contributed by atoms with Crippen molar-refractivity contribution in [2.75, 3.05) is 5.32 Å². The summed E-state index contributed by atoms with van der Waals surface area (Å²) in [4.78, 5) is 9.97. The smallest absolute Gasteiger partial charge is 0.248 e. The molecule has 8 heteroatoms. The summed E-state index contributed by atoms with van der Waals surface area (Å²) in [5.41, 5.74) is 2.46.